The minimum absolute atomic E-state index is 0.0161. The van der Waals surface area contributed by atoms with Crippen LogP contribution in [0, 0.1) is 0 Å². The van der Waals surface area contributed by atoms with Gasteiger partial charge in [-0.05, 0) is 49.6 Å². The van der Waals surface area contributed by atoms with Crippen molar-refractivity contribution < 1.29 is 23.8 Å². The highest BCUT2D eigenvalue weighted by atomic mass is 16.5. The van der Waals surface area contributed by atoms with Crippen molar-refractivity contribution in [3.05, 3.63) is 62.5 Å². The van der Waals surface area contributed by atoms with Gasteiger partial charge in [-0.3, -0.25) is 19.4 Å². The smallest absolute Gasteiger partial charge is 0.280 e. The minimum Gasteiger partial charge on any atom is -0.379 e. The van der Waals surface area contributed by atoms with E-state index in [1.807, 2.05) is 6.92 Å². The molecular weight excluding hydrogens is 574 g/mol. The van der Waals surface area contributed by atoms with Crippen LogP contribution >= 0.6 is 0 Å². The predicted molar refractivity (Wildman–Crippen MR) is 162 cm³/mol. The molecule has 0 aliphatic rings. The second kappa shape index (κ2) is 18.7. The van der Waals surface area contributed by atoms with Gasteiger partial charge in [0.15, 0.2) is 11.2 Å². The second-order valence-corrected chi connectivity index (χ2v) is 9.53. The molecule has 236 valence electrons. The lowest BCUT2D eigenvalue weighted by Crippen LogP contribution is -2.34. The monoisotopic (exact) mass is 611 g/mol. The van der Waals surface area contributed by atoms with Gasteiger partial charge in [0.05, 0.1) is 44.9 Å². The van der Waals surface area contributed by atoms with Crippen LogP contribution in [0.1, 0.15) is 42.2 Å². The molecule has 2 aromatic heterocycles. The number of azide groups is 1. The lowest BCUT2D eigenvalue weighted by molar-refractivity contribution is -0.121. The van der Waals surface area contributed by atoms with Gasteiger partial charge in [0.25, 0.3) is 11.5 Å². The Kier molecular flexibility index (Phi) is 14.3. The molecule has 0 fully saturated rings. The summed E-state index contributed by atoms with van der Waals surface area (Å²) < 4.78 is 15.8. The summed E-state index contributed by atoms with van der Waals surface area (Å²) in [6.07, 6.45) is 2.96. The number of nitrogens with one attached hydrogen (secondary N) is 4. The number of aromatic nitrogens is 4. The zero-order valence-electron chi connectivity index (χ0n) is 24.5. The van der Waals surface area contributed by atoms with E-state index in [1.54, 1.807) is 24.3 Å². The maximum absolute atomic E-state index is 12.6. The molecule has 1 atom stereocenters. The van der Waals surface area contributed by atoms with Crippen LogP contribution in [-0.4, -0.2) is 84.1 Å². The number of aromatic amines is 1. The van der Waals surface area contributed by atoms with Crippen LogP contribution in [0.15, 0.2) is 40.4 Å². The van der Waals surface area contributed by atoms with Crippen molar-refractivity contribution in [2.24, 2.45) is 5.11 Å². The third-order valence-electron chi connectivity index (χ3n) is 6.03. The molecule has 3 rings (SSSR count). The Morgan fingerprint density at radius 2 is 1.82 bits per heavy atom. The normalized spacial score (nSPS) is 11.5. The first-order valence-corrected chi connectivity index (χ1v) is 14.0. The van der Waals surface area contributed by atoms with Crippen molar-refractivity contribution in [3.63, 3.8) is 0 Å². The van der Waals surface area contributed by atoms with Crippen molar-refractivity contribution in [1.82, 2.24) is 30.6 Å². The number of nitrogens with zero attached hydrogens (tertiary/aromatic N) is 6. The first-order chi connectivity index (χ1) is 21.4. The average Bonchev–Trinajstić information content (AvgIpc) is 3.01. The summed E-state index contributed by atoms with van der Waals surface area (Å²) in [5.41, 5.74) is 15.2. The number of hydrogen-bond donors (Lipinski definition) is 5. The van der Waals surface area contributed by atoms with Crippen LogP contribution in [0.25, 0.3) is 21.6 Å². The number of ether oxygens (including phenoxy) is 3. The fourth-order valence-corrected chi connectivity index (χ4v) is 3.78. The third-order valence-corrected chi connectivity index (χ3v) is 6.03. The first-order valence-electron chi connectivity index (χ1n) is 14.0. The Hall–Kier alpha value is -4.83. The van der Waals surface area contributed by atoms with Crippen LogP contribution < -0.4 is 27.2 Å². The number of nitrogens with two attached hydrogens (primary N) is 1. The van der Waals surface area contributed by atoms with Gasteiger partial charge in [-0.1, -0.05) is 5.11 Å². The van der Waals surface area contributed by atoms with Gasteiger partial charge in [0.2, 0.25) is 11.9 Å². The van der Waals surface area contributed by atoms with Gasteiger partial charge in [-0.2, -0.15) is 4.98 Å². The Morgan fingerprint density at radius 3 is 2.57 bits per heavy atom. The summed E-state index contributed by atoms with van der Waals surface area (Å²) in [4.78, 5) is 54.2. The molecule has 44 heavy (non-hydrogen) atoms. The van der Waals surface area contributed by atoms with E-state index in [4.69, 9.17) is 25.5 Å². The van der Waals surface area contributed by atoms with Crippen molar-refractivity contribution in [1.29, 1.82) is 0 Å². The molecule has 0 bridgehead atoms. The molecule has 17 nitrogen and oxygen atoms in total. The summed E-state index contributed by atoms with van der Waals surface area (Å²) in [6, 6.07) is 6.71. The molecule has 6 N–H and O–H groups in total. The van der Waals surface area contributed by atoms with E-state index in [9.17, 15) is 14.4 Å². The summed E-state index contributed by atoms with van der Waals surface area (Å²) in [5.74, 6) is -0.353. The van der Waals surface area contributed by atoms with Crippen LogP contribution in [0.3, 0.4) is 0 Å². The molecule has 2 heterocycles. The molecule has 1 aromatic carbocycles. The predicted octanol–water partition coefficient (Wildman–Crippen LogP) is 1.63. The fourth-order valence-electron chi connectivity index (χ4n) is 3.78. The number of anilines is 2. The Morgan fingerprint density at radius 1 is 1.09 bits per heavy atom. The SMILES string of the molecule is C[C@H](CCC(=O)NCCCOCCOCCOCN=[N+]=[N-])NC(=O)c1ccc(NCc2cnc3nc(N)[nH]c(=O)c3n2)cc1. The number of fused-ring (bicyclic) bond motifs is 1. The number of hydrogen-bond acceptors (Lipinski definition) is 12. The van der Waals surface area contributed by atoms with Gasteiger partial charge in [0.1, 0.15) is 6.73 Å². The molecule has 3 aromatic rings. The minimum atomic E-state index is -0.461. The van der Waals surface area contributed by atoms with Crippen LogP contribution in [0.5, 0.6) is 0 Å². The van der Waals surface area contributed by atoms with Crippen molar-refractivity contribution in [2.45, 2.75) is 38.8 Å². The van der Waals surface area contributed by atoms with E-state index in [1.165, 1.54) is 6.20 Å². The molecule has 0 unspecified atom stereocenters. The molecule has 0 saturated heterocycles. The first kappa shape index (κ1) is 33.7. The average molecular weight is 612 g/mol. The van der Waals surface area contributed by atoms with Crippen molar-refractivity contribution >= 4 is 34.6 Å². The highest BCUT2D eigenvalue weighted by Gasteiger charge is 2.12. The van der Waals surface area contributed by atoms with Crippen molar-refractivity contribution in [3.8, 4) is 0 Å². The number of nitrogen functional groups attached to an aromatic ring is 1. The number of H-pyrrole nitrogens is 1. The lowest BCUT2D eigenvalue weighted by atomic mass is 10.1. The number of carbonyl (C=O) groups is 2. The Labute approximate surface area is 252 Å². The maximum Gasteiger partial charge on any atom is 0.280 e. The molecule has 0 spiro atoms. The van der Waals surface area contributed by atoms with Crippen LogP contribution in [0.4, 0.5) is 11.6 Å². The zero-order chi connectivity index (χ0) is 31.6. The maximum atomic E-state index is 12.6. The Balaban J connectivity index is 1.25. The highest BCUT2D eigenvalue weighted by molar-refractivity contribution is 5.94. The molecular formula is C27H37N11O6. The molecule has 0 saturated carbocycles. The topological polar surface area (TPSA) is 244 Å². The molecule has 0 aliphatic carbocycles. The van der Waals surface area contributed by atoms with Gasteiger partial charge in [-0.25, -0.2) is 9.97 Å². The van der Waals surface area contributed by atoms with E-state index in [0.29, 0.717) is 70.2 Å². The van der Waals surface area contributed by atoms with Crippen LogP contribution in [-0.2, 0) is 25.5 Å². The quantitative estimate of drug-likeness (QED) is 0.0532. The van der Waals surface area contributed by atoms with E-state index >= 15 is 0 Å². The summed E-state index contributed by atoms with van der Waals surface area (Å²) in [5, 5.41) is 12.2. The number of benzene rings is 1. The molecule has 17 heteroatoms. The summed E-state index contributed by atoms with van der Waals surface area (Å²) in [6.45, 7) is 4.69. The number of amides is 2. The third kappa shape index (κ3) is 12.2. The number of rotatable bonds is 20. The van der Waals surface area contributed by atoms with Crippen LogP contribution in [0.2, 0.25) is 0 Å². The lowest BCUT2D eigenvalue weighted by Gasteiger charge is -2.14. The standard InChI is InChI=1S/C27H37N11O6/c1-18(3-8-22(39)30-9-2-10-42-11-12-43-13-14-44-17-33-38-29)34-25(40)19-4-6-20(7-5-19)31-15-21-16-32-24-23(35-21)26(41)37-27(28)36-24/h4-7,16,18,31H,2-3,8-15,17H2,1H3,(H,30,39)(H,34,40)(H3,28,32,36,37,41)/t18-/m1/s1. The Bertz CT molecular complexity index is 1460. The van der Waals surface area contributed by atoms with Gasteiger partial charge in [-0.15, -0.1) is 0 Å². The molecule has 0 radical (unpaired) electrons. The zero-order valence-corrected chi connectivity index (χ0v) is 24.5. The highest BCUT2D eigenvalue weighted by Crippen LogP contribution is 2.12. The van der Waals surface area contributed by atoms with Gasteiger partial charge < -0.3 is 35.9 Å². The fraction of sp³-hybridized carbons (Fsp3) is 0.481. The van der Waals surface area contributed by atoms with E-state index in [-0.39, 0.29) is 48.1 Å². The molecule has 2 amide bonds. The molecule has 0 aliphatic heterocycles. The largest absolute Gasteiger partial charge is 0.379 e. The summed E-state index contributed by atoms with van der Waals surface area (Å²) in [7, 11) is 0. The van der Waals surface area contributed by atoms with Crippen molar-refractivity contribution in [2.75, 3.05) is 57.4 Å². The second-order valence-electron chi connectivity index (χ2n) is 9.53. The number of carbonyl (C=O) groups excluding carboxylic acids is 2. The van der Waals surface area contributed by atoms with E-state index < -0.39 is 5.56 Å². The van der Waals surface area contributed by atoms with Gasteiger partial charge in [0, 0.05) is 41.8 Å². The van der Waals surface area contributed by atoms with E-state index in [2.05, 4.69) is 45.9 Å². The summed E-state index contributed by atoms with van der Waals surface area (Å²) >= 11 is 0. The van der Waals surface area contributed by atoms with E-state index in [0.717, 1.165) is 5.69 Å². The van der Waals surface area contributed by atoms with Gasteiger partial charge >= 0.3 is 0 Å².